The molecular formula is C77H54N2OS. The van der Waals surface area contributed by atoms with E-state index < -0.39 is 0 Å². The molecule has 4 aromatic heterocycles. The van der Waals surface area contributed by atoms with Crippen molar-refractivity contribution >= 4 is 146 Å². The number of allylic oxidation sites excluding steroid dienone is 2. The molecule has 0 unspecified atom stereocenters. The number of hydrogen-bond donors (Lipinski definition) is 0. The topological polar surface area (TPSA) is 23.0 Å². The van der Waals surface area contributed by atoms with Gasteiger partial charge in [0.2, 0.25) is 0 Å². The molecule has 0 radical (unpaired) electrons. The van der Waals surface area contributed by atoms with Crippen molar-refractivity contribution < 1.29 is 4.42 Å². The monoisotopic (exact) mass is 1050 g/mol. The highest BCUT2D eigenvalue weighted by atomic mass is 32.1. The van der Waals surface area contributed by atoms with E-state index in [0.717, 1.165) is 27.5 Å². The number of aryl methyl sites for hydroxylation is 3. The zero-order valence-electron chi connectivity index (χ0n) is 45.3. The SMILES string of the molecule is C=CC(=C)c1ccccc1C.Cn1c2ccc(-c3ccc4c(c3)oc3ccccc34)cc2c2c3ccccc3c3ccccc3c21.Cn1c2ccc(-c3ccc4c(c3)sc3ccccc34)cc2c2c3ccccc3c3ccccc3c21. The van der Waals surface area contributed by atoms with Crippen LogP contribution in [0.15, 0.2) is 266 Å². The minimum Gasteiger partial charge on any atom is -0.456 e. The summed E-state index contributed by atoms with van der Waals surface area (Å²) < 4.78 is 13.6. The van der Waals surface area contributed by atoms with Gasteiger partial charge in [-0.2, -0.15) is 0 Å². The summed E-state index contributed by atoms with van der Waals surface area (Å²) in [6, 6.07) is 87.6. The van der Waals surface area contributed by atoms with E-state index >= 15 is 0 Å². The Morgan fingerprint density at radius 3 is 1.35 bits per heavy atom. The van der Waals surface area contributed by atoms with Crippen molar-refractivity contribution in [2.45, 2.75) is 6.92 Å². The predicted octanol–water partition coefficient (Wildman–Crippen LogP) is 22.1. The van der Waals surface area contributed by atoms with Gasteiger partial charge in [0.25, 0.3) is 0 Å². The van der Waals surface area contributed by atoms with Crippen molar-refractivity contribution in [3.63, 3.8) is 0 Å². The Bertz CT molecular complexity index is 5140. The van der Waals surface area contributed by atoms with E-state index in [1.807, 2.05) is 35.6 Å². The second kappa shape index (κ2) is 19.1. The summed E-state index contributed by atoms with van der Waals surface area (Å²) in [6.07, 6.45) is 1.78. The Morgan fingerprint density at radius 1 is 0.370 bits per heavy atom. The lowest BCUT2D eigenvalue weighted by molar-refractivity contribution is 0.669. The fraction of sp³-hybridized carbons (Fsp3) is 0.0390. The number of rotatable bonds is 4. The molecule has 0 N–H and O–H groups in total. The Balaban J connectivity index is 0.000000118. The van der Waals surface area contributed by atoms with Crippen molar-refractivity contribution in [2.24, 2.45) is 14.1 Å². The van der Waals surface area contributed by atoms with Crippen LogP contribution in [0.4, 0.5) is 0 Å². The van der Waals surface area contributed by atoms with Gasteiger partial charge in [0, 0.05) is 88.4 Å². The molecule has 4 heteroatoms. The molecular weight excluding hydrogens is 1000 g/mol. The highest BCUT2D eigenvalue weighted by molar-refractivity contribution is 7.25. The molecule has 13 aromatic carbocycles. The van der Waals surface area contributed by atoms with E-state index in [1.165, 1.54) is 140 Å². The van der Waals surface area contributed by atoms with Crippen LogP contribution in [0.25, 0.3) is 157 Å². The molecule has 0 amide bonds. The number of aromatic nitrogens is 2. The molecule has 81 heavy (non-hydrogen) atoms. The molecule has 4 heterocycles. The molecule has 0 aliphatic rings. The van der Waals surface area contributed by atoms with E-state index in [1.54, 1.807) is 6.08 Å². The number of para-hydroxylation sites is 1. The van der Waals surface area contributed by atoms with E-state index in [2.05, 4.69) is 262 Å². The number of benzene rings is 13. The quantitative estimate of drug-likeness (QED) is 0.127. The molecule has 0 aliphatic carbocycles. The molecule has 0 bridgehead atoms. The maximum absolute atomic E-state index is 6.18. The van der Waals surface area contributed by atoms with Crippen LogP contribution in [0.2, 0.25) is 0 Å². The Kier molecular flexibility index (Phi) is 11.4. The van der Waals surface area contributed by atoms with Crippen molar-refractivity contribution in [2.75, 3.05) is 0 Å². The first-order valence-corrected chi connectivity index (χ1v) is 28.5. The normalized spacial score (nSPS) is 11.7. The van der Waals surface area contributed by atoms with Crippen molar-refractivity contribution in [1.82, 2.24) is 9.13 Å². The summed E-state index contributed by atoms with van der Waals surface area (Å²) in [5.41, 5.74) is 15.3. The van der Waals surface area contributed by atoms with E-state index in [9.17, 15) is 0 Å². The summed E-state index contributed by atoms with van der Waals surface area (Å²) in [5.74, 6) is 0. The maximum Gasteiger partial charge on any atom is 0.136 e. The summed E-state index contributed by atoms with van der Waals surface area (Å²) in [7, 11) is 4.39. The third kappa shape index (κ3) is 7.70. The third-order valence-corrected chi connectivity index (χ3v) is 18.0. The van der Waals surface area contributed by atoms with E-state index in [0.29, 0.717) is 0 Å². The Labute approximate surface area is 472 Å². The lowest BCUT2D eigenvalue weighted by atomic mass is 9.95. The zero-order chi connectivity index (χ0) is 54.5. The fourth-order valence-electron chi connectivity index (χ4n) is 13.0. The molecule has 17 aromatic rings. The molecule has 0 aliphatic heterocycles. The van der Waals surface area contributed by atoms with E-state index in [-0.39, 0.29) is 0 Å². The molecule has 0 saturated carbocycles. The van der Waals surface area contributed by atoms with Gasteiger partial charge in [-0.25, -0.2) is 0 Å². The van der Waals surface area contributed by atoms with Gasteiger partial charge < -0.3 is 13.6 Å². The van der Waals surface area contributed by atoms with Gasteiger partial charge in [-0.3, -0.25) is 0 Å². The van der Waals surface area contributed by atoms with Gasteiger partial charge in [0.05, 0.1) is 11.0 Å². The summed E-state index contributed by atoms with van der Waals surface area (Å²) in [6.45, 7) is 9.64. The predicted molar refractivity (Wildman–Crippen MR) is 352 cm³/mol. The first-order chi connectivity index (χ1) is 39.8. The van der Waals surface area contributed by atoms with E-state index in [4.69, 9.17) is 4.42 Å². The van der Waals surface area contributed by atoms with Gasteiger partial charge in [0.1, 0.15) is 11.2 Å². The molecule has 384 valence electrons. The van der Waals surface area contributed by atoms with Gasteiger partial charge in [0.15, 0.2) is 0 Å². The second-order valence-electron chi connectivity index (χ2n) is 21.4. The number of thiophene rings is 1. The fourth-order valence-corrected chi connectivity index (χ4v) is 14.1. The van der Waals surface area contributed by atoms with Crippen molar-refractivity contribution in [3.8, 4) is 22.3 Å². The summed E-state index contributed by atoms with van der Waals surface area (Å²) in [5, 5.41) is 20.8. The van der Waals surface area contributed by atoms with Crippen LogP contribution in [-0.4, -0.2) is 9.13 Å². The lowest BCUT2D eigenvalue weighted by Crippen LogP contribution is -1.89. The zero-order valence-corrected chi connectivity index (χ0v) is 46.1. The maximum atomic E-state index is 6.18. The number of hydrogen-bond acceptors (Lipinski definition) is 2. The van der Waals surface area contributed by atoms with Crippen LogP contribution in [0, 0.1) is 6.92 Å². The summed E-state index contributed by atoms with van der Waals surface area (Å²) >= 11 is 1.88. The van der Waals surface area contributed by atoms with Crippen LogP contribution in [0.3, 0.4) is 0 Å². The first kappa shape index (κ1) is 48.2. The molecule has 17 rings (SSSR count). The minimum atomic E-state index is 0.929. The molecule has 0 spiro atoms. The van der Waals surface area contributed by atoms with Crippen LogP contribution < -0.4 is 0 Å². The third-order valence-electron chi connectivity index (χ3n) is 16.9. The average molecular weight is 1060 g/mol. The van der Waals surface area contributed by atoms with Gasteiger partial charge in [-0.1, -0.05) is 207 Å². The molecule has 0 saturated heterocycles. The first-order valence-electron chi connectivity index (χ1n) is 27.6. The van der Waals surface area contributed by atoms with Gasteiger partial charge in [-0.05, 0) is 133 Å². The summed E-state index contributed by atoms with van der Waals surface area (Å²) in [4.78, 5) is 0. The van der Waals surface area contributed by atoms with Gasteiger partial charge >= 0.3 is 0 Å². The second-order valence-corrected chi connectivity index (χ2v) is 22.5. The number of nitrogens with zero attached hydrogens (tertiary/aromatic N) is 2. The Morgan fingerprint density at radius 2 is 0.778 bits per heavy atom. The highest BCUT2D eigenvalue weighted by Gasteiger charge is 2.19. The molecule has 0 atom stereocenters. The van der Waals surface area contributed by atoms with Crippen molar-refractivity contribution in [1.29, 1.82) is 0 Å². The highest BCUT2D eigenvalue weighted by Crippen LogP contribution is 2.45. The molecule has 3 nitrogen and oxygen atoms in total. The molecule has 0 fully saturated rings. The van der Waals surface area contributed by atoms with Crippen LogP contribution in [0.1, 0.15) is 11.1 Å². The minimum absolute atomic E-state index is 0.929. The lowest BCUT2D eigenvalue weighted by Gasteiger charge is -2.08. The van der Waals surface area contributed by atoms with Gasteiger partial charge in [-0.15, -0.1) is 11.3 Å². The number of furan rings is 1. The Hall–Kier alpha value is -10.0. The van der Waals surface area contributed by atoms with Crippen molar-refractivity contribution in [3.05, 3.63) is 273 Å². The van der Waals surface area contributed by atoms with Crippen LogP contribution in [0.5, 0.6) is 0 Å². The average Bonchev–Trinajstić information content (AvgIpc) is 4.28. The largest absolute Gasteiger partial charge is 0.456 e. The standard InChI is InChI=1S/C33H21NO.C33H21NS.C11H12/c2*1-34-29-17-15-20(21-14-16-25-24-10-6-7-13-30(24)35-31(25)19-21)18-28(29)32-26-11-4-2-8-22(26)23-9-3-5-12-27(23)33(32)34;1-4-9(2)11-8-6-5-7-10(11)3/h2*2-19H,1H3;4-8H,1-2H2,3H3. The van der Waals surface area contributed by atoms with Crippen LogP contribution in [-0.2, 0) is 14.1 Å². The smallest absolute Gasteiger partial charge is 0.136 e. The number of fused-ring (bicyclic) bond motifs is 22. The van der Waals surface area contributed by atoms with Crippen LogP contribution >= 0.6 is 11.3 Å².